The highest BCUT2D eigenvalue weighted by atomic mass is 14.1. The third-order valence-electron chi connectivity index (χ3n) is 2.73. The molecule has 0 heterocycles. The molecule has 0 N–H and O–H groups in total. The predicted molar refractivity (Wildman–Crippen MR) is 64.6 cm³/mol. The van der Waals surface area contributed by atoms with E-state index in [-0.39, 0.29) is 0 Å². The van der Waals surface area contributed by atoms with Gasteiger partial charge in [0.15, 0.2) is 0 Å². The van der Waals surface area contributed by atoms with Gasteiger partial charge in [-0.15, -0.1) is 11.8 Å². The quantitative estimate of drug-likeness (QED) is 0.394. The van der Waals surface area contributed by atoms with Gasteiger partial charge in [0.25, 0.3) is 0 Å². The van der Waals surface area contributed by atoms with Gasteiger partial charge < -0.3 is 0 Å². The van der Waals surface area contributed by atoms with Crippen LogP contribution in [-0.4, -0.2) is 0 Å². The molecule has 0 nitrogen and oxygen atoms in total. The van der Waals surface area contributed by atoms with Crippen molar-refractivity contribution in [1.82, 2.24) is 0 Å². The van der Waals surface area contributed by atoms with Gasteiger partial charge in [-0.1, -0.05) is 52.4 Å². The van der Waals surface area contributed by atoms with Gasteiger partial charge in [-0.2, -0.15) is 0 Å². The van der Waals surface area contributed by atoms with Gasteiger partial charge in [0.1, 0.15) is 0 Å². The third kappa shape index (κ3) is 8.17. The van der Waals surface area contributed by atoms with Crippen LogP contribution in [0.25, 0.3) is 0 Å². The van der Waals surface area contributed by atoms with Gasteiger partial charge in [0, 0.05) is 13.3 Å². The molecule has 14 heavy (non-hydrogen) atoms. The van der Waals surface area contributed by atoms with Crippen LogP contribution in [0.5, 0.6) is 0 Å². The molecule has 80 valence electrons. The van der Waals surface area contributed by atoms with Gasteiger partial charge in [-0.3, -0.25) is 0 Å². The first-order chi connectivity index (χ1) is 6.85. The minimum atomic E-state index is 0.921. The summed E-state index contributed by atoms with van der Waals surface area (Å²) in [5.41, 5.74) is 0. The molecule has 0 aromatic heterocycles. The van der Waals surface area contributed by atoms with Crippen molar-refractivity contribution in [2.24, 2.45) is 5.92 Å². The van der Waals surface area contributed by atoms with Gasteiger partial charge in [-0.05, 0) is 12.3 Å². The average molecular weight is 192 g/mol. The molecule has 0 fully saturated rings. The van der Waals surface area contributed by atoms with Crippen molar-refractivity contribution in [3.8, 4) is 11.8 Å². The van der Waals surface area contributed by atoms with E-state index in [0.29, 0.717) is 0 Å². The fraction of sp³-hybridized carbons (Fsp3) is 0.714. The number of unbranched alkanes of at least 4 members (excludes halogenated alkanes) is 3. The highest BCUT2D eigenvalue weighted by Gasteiger charge is 2.04. The maximum atomic E-state index is 3.89. The molecule has 2 radical (unpaired) electrons. The summed E-state index contributed by atoms with van der Waals surface area (Å²) in [6.07, 6.45) is 10.0. The zero-order chi connectivity index (χ0) is 10.6. The largest absolute Gasteiger partial charge is 0.103 e. The molecule has 0 saturated carbocycles. The van der Waals surface area contributed by atoms with Crippen molar-refractivity contribution in [2.75, 3.05) is 0 Å². The summed E-state index contributed by atoms with van der Waals surface area (Å²) in [4.78, 5) is 0. The molecule has 0 aliphatic rings. The van der Waals surface area contributed by atoms with Crippen molar-refractivity contribution in [2.45, 2.75) is 58.3 Å². The Morgan fingerprint density at radius 3 is 2.43 bits per heavy atom. The lowest BCUT2D eigenvalue weighted by Crippen LogP contribution is -1.98. The smallest absolute Gasteiger partial charge is 0.0198 e. The summed E-state index contributed by atoms with van der Waals surface area (Å²) in [6.45, 7) is 9.69. The summed E-state index contributed by atoms with van der Waals surface area (Å²) >= 11 is 0. The highest BCUT2D eigenvalue weighted by Crippen LogP contribution is 2.19. The average Bonchev–Trinajstić information content (AvgIpc) is 2.22. The van der Waals surface area contributed by atoms with Gasteiger partial charge >= 0.3 is 0 Å². The van der Waals surface area contributed by atoms with Crippen molar-refractivity contribution in [3.05, 3.63) is 13.8 Å². The molecule has 0 saturated heterocycles. The first-order valence-corrected chi connectivity index (χ1v) is 5.89. The van der Waals surface area contributed by atoms with Crippen LogP contribution in [0, 0.1) is 31.6 Å². The van der Waals surface area contributed by atoms with E-state index in [9.17, 15) is 0 Å². The Morgan fingerprint density at radius 2 is 1.86 bits per heavy atom. The van der Waals surface area contributed by atoms with Crippen molar-refractivity contribution < 1.29 is 0 Å². The maximum absolute atomic E-state index is 3.89. The molecule has 0 rings (SSSR count). The molecule has 1 unspecified atom stereocenters. The summed E-state index contributed by atoms with van der Waals surface area (Å²) < 4.78 is 0. The standard InChI is InChI=1S/C14H24/c1-4-7-9-10-11-13-14(6-3)12-8-5-2/h14H,1-2,5-6,8-13H2,3H3. The molecule has 1 atom stereocenters. The van der Waals surface area contributed by atoms with Gasteiger partial charge in [0.05, 0.1) is 0 Å². The third-order valence-corrected chi connectivity index (χ3v) is 2.73. The Bertz CT molecular complexity index is 159. The molecule has 0 aromatic carbocycles. The normalized spacial score (nSPS) is 11.9. The Hall–Kier alpha value is -0.440. The topological polar surface area (TPSA) is 0 Å². The first-order valence-electron chi connectivity index (χ1n) is 5.89. The van der Waals surface area contributed by atoms with E-state index in [1.54, 1.807) is 0 Å². The van der Waals surface area contributed by atoms with Crippen LogP contribution in [0.1, 0.15) is 58.3 Å². The first kappa shape index (κ1) is 13.6. The Labute approximate surface area is 90.5 Å². The van der Waals surface area contributed by atoms with Crippen LogP contribution >= 0.6 is 0 Å². The number of hydrogen-bond acceptors (Lipinski definition) is 0. The van der Waals surface area contributed by atoms with Crippen LogP contribution in [0.15, 0.2) is 0 Å². The van der Waals surface area contributed by atoms with Gasteiger partial charge in [-0.25, -0.2) is 0 Å². The van der Waals surface area contributed by atoms with Crippen molar-refractivity contribution in [3.63, 3.8) is 0 Å². The zero-order valence-corrected chi connectivity index (χ0v) is 9.65. The molecule has 0 aliphatic heterocycles. The van der Waals surface area contributed by atoms with E-state index in [1.807, 2.05) is 0 Å². The van der Waals surface area contributed by atoms with Crippen molar-refractivity contribution in [1.29, 1.82) is 0 Å². The lowest BCUT2D eigenvalue weighted by molar-refractivity contribution is 0.409. The van der Waals surface area contributed by atoms with Crippen LogP contribution in [0.4, 0.5) is 0 Å². The minimum Gasteiger partial charge on any atom is -0.103 e. The lowest BCUT2D eigenvalue weighted by atomic mass is 9.93. The van der Waals surface area contributed by atoms with Crippen LogP contribution < -0.4 is 0 Å². The molecule has 0 bridgehead atoms. The molecule has 0 aliphatic carbocycles. The summed E-state index contributed by atoms with van der Waals surface area (Å²) in [5.74, 6) is 6.63. The second-order valence-electron chi connectivity index (χ2n) is 3.87. The molecular weight excluding hydrogens is 168 g/mol. The monoisotopic (exact) mass is 192 g/mol. The summed E-state index contributed by atoms with van der Waals surface area (Å²) in [6, 6.07) is 0. The van der Waals surface area contributed by atoms with E-state index in [0.717, 1.165) is 18.8 Å². The predicted octanol–water partition coefficient (Wildman–Crippen LogP) is 4.41. The molecule has 0 heteroatoms. The minimum absolute atomic E-state index is 0.921. The van der Waals surface area contributed by atoms with E-state index < -0.39 is 0 Å². The fourth-order valence-corrected chi connectivity index (χ4v) is 1.72. The van der Waals surface area contributed by atoms with Crippen LogP contribution in [0.2, 0.25) is 0 Å². The molecule has 0 amide bonds. The second kappa shape index (κ2) is 10.6. The van der Waals surface area contributed by atoms with Crippen LogP contribution in [0.3, 0.4) is 0 Å². The SMILES string of the molecule is [CH2]C#CCCCCC(CC)CCC[CH2]. The second-order valence-corrected chi connectivity index (χ2v) is 3.87. The van der Waals surface area contributed by atoms with E-state index in [2.05, 4.69) is 32.6 Å². The van der Waals surface area contributed by atoms with Crippen molar-refractivity contribution >= 4 is 0 Å². The van der Waals surface area contributed by atoms with Gasteiger partial charge in [0.2, 0.25) is 0 Å². The molecular formula is C14H24. The highest BCUT2D eigenvalue weighted by molar-refractivity contribution is 5.00. The van der Waals surface area contributed by atoms with E-state index >= 15 is 0 Å². The zero-order valence-electron chi connectivity index (χ0n) is 9.65. The number of rotatable bonds is 8. The Balaban J connectivity index is 3.35. The molecule has 0 aromatic rings. The van der Waals surface area contributed by atoms with E-state index in [1.165, 1.54) is 38.5 Å². The van der Waals surface area contributed by atoms with E-state index in [4.69, 9.17) is 0 Å². The summed E-state index contributed by atoms with van der Waals surface area (Å²) in [5, 5.41) is 0. The Kier molecular flexibility index (Phi) is 10.3. The summed E-state index contributed by atoms with van der Waals surface area (Å²) in [7, 11) is 0. The van der Waals surface area contributed by atoms with Crippen LogP contribution in [-0.2, 0) is 0 Å². The lowest BCUT2D eigenvalue weighted by Gasteiger charge is -2.13. The fourth-order valence-electron chi connectivity index (χ4n) is 1.72. The maximum Gasteiger partial charge on any atom is 0.0198 e. The number of hydrogen-bond donors (Lipinski definition) is 0. The Morgan fingerprint density at radius 1 is 1.14 bits per heavy atom. The molecule has 0 spiro atoms.